The van der Waals surface area contributed by atoms with Crippen LogP contribution < -0.4 is 20.3 Å². The zero-order valence-corrected chi connectivity index (χ0v) is 16.3. The summed E-state index contributed by atoms with van der Waals surface area (Å²) in [6.45, 7) is 3.49. The van der Waals surface area contributed by atoms with Crippen molar-refractivity contribution in [1.82, 2.24) is 5.32 Å². The average Bonchev–Trinajstić information content (AvgIpc) is 2.67. The van der Waals surface area contributed by atoms with Crippen LogP contribution >= 0.6 is 0 Å². The second-order valence-electron chi connectivity index (χ2n) is 6.24. The second kappa shape index (κ2) is 10.1. The molecule has 7 nitrogen and oxygen atoms in total. The van der Waals surface area contributed by atoms with Crippen molar-refractivity contribution in [2.24, 2.45) is 0 Å². The molecule has 0 aliphatic heterocycles. The maximum Gasteiger partial charge on any atom is 0.223 e. The lowest BCUT2D eigenvalue weighted by Gasteiger charge is -2.21. The van der Waals surface area contributed by atoms with Gasteiger partial charge in [-0.1, -0.05) is 18.2 Å². The first-order valence-corrected chi connectivity index (χ1v) is 8.95. The summed E-state index contributed by atoms with van der Waals surface area (Å²) in [6, 6.07) is 14.4. The number of amides is 3. The monoisotopic (exact) mass is 383 g/mol. The van der Waals surface area contributed by atoms with Crippen molar-refractivity contribution in [3.63, 3.8) is 0 Å². The van der Waals surface area contributed by atoms with Crippen molar-refractivity contribution in [2.75, 3.05) is 23.9 Å². The predicted molar refractivity (Wildman–Crippen MR) is 108 cm³/mol. The van der Waals surface area contributed by atoms with Crippen molar-refractivity contribution in [2.45, 2.75) is 26.8 Å². The third-order valence-corrected chi connectivity index (χ3v) is 4.11. The Morgan fingerprint density at radius 3 is 2.29 bits per heavy atom. The molecular formula is C21H25N3O4. The van der Waals surface area contributed by atoms with Crippen LogP contribution in [-0.4, -0.2) is 31.4 Å². The Hall–Kier alpha value is -3.35. The molecule has 0 saturated carbocycles. The lowest BCUT2D eigenvalue weighted by Crippen LogP contribution is -2.33. The highest BCUT2D eigenvalue weighted by Crippen LogP contribution is 2.19. The van der Waals surface area contributed by atoms with Gasteiger partial charge in [0, 0.05) is 50.3 Å². The molecule has 148 valence electrons. The average molecular weight is 383 g/mol. The first-order valence-electron chi connectivity index (χ1n) is 8.95. The van der Waals surface area contributed by atoms with Gasteiger partial charge < -0.3 is 20.3 Å². The Labute approximate surface area is 164 Å². The van der Waals surface area contributed by atoms with Crippen molar-refractivity contribution < 1.29 is 19.1 Å². The Morgan fingerprint density at radius 2 is 1.68 bits per heavy atom. The zero-order valence-electron chi connectivity index (χ0n) is 16.3. The molecule has 2 aromatic carbocycles. The molecule has 0 saturated heterocycles. The number of rotatable bonds is 8. The summed E-state index contributed by atoms with van der Waals surface area (Å²) >= 11 is 0. The largest absolute Gasteiger partial charge is 0.496 e. The number of hydrogen-bond donors (Lipinski definition) is 2. The number of hydrogen-bond acceptors (Lipinski definition) is 4. The third-order valence-electron chi connectivity index (χ3n) is 4.11. The van der Waals surface area contributed by atoms with E-state index in [1.54, 1.807) is 31.4 Å². The minimum absolute atomic E-state index is 0.160. The fourth-order valence-electron chi connectivity index (χ4n) is 2.74. The van der Waals surface area contributed by atoms with E-state index in [0.29, 0.717) is 23.7 Å². The Balaban J connectivity index is 1.92. The highest BCUT2D eigenvalue weighted by atomic mass is 16.5. The molecule has 2 aromatic rings. The molecule has 0 radical (unpaired) electrons. The number of carbonyl (C=O) groups excluding carboxylic acids is 3. The van der Waals surface area contributed by atoms with E-state index >= 15 is 0 Å². The van der Waals surface area contributed by atoms with Crippen molar-refractivity contribution in [1.29, 1.82) is 0 Å². The molecule has 0 heterocycles. The molecule has 0 aromatic heterocycles. The van der Waals surface area contributed by atoms with Gasteiger partial charge in [0.2, 0.25) is 17.7 Å². The van der Waals surface area contributed by atoms with Crippen LogP contribution in [0.1, 0.15) is 25.8 Å². The van der Waals surface area contributed by atoms with E-state index in [9.17, 15) is 14.4 Å². The first-order chi connectivity index (χ1) is 13.4. The van der Waals surface area contributed by atoms with E-state index in [2.05, 4.69) is 10.6 Å². The Morgan fingerprint density at radius 1 is 1.00 bits per heavy atom. The topological polar surface area (TPSA) is 87.7 Å². The third kappa shape index (κ3) is 6.12. The van der Waals surface area contributed by atoms with Crippen LogP contribution in [0.2, 0.25) is 0 Å². The standard InChI is InChI=1S/C21H25N3O4/c1-15(25)23-18-8-10-19(11-9-18)24(16(2)26)13-12-21(27)22-14-17-6-4-5-7-20(17)28-3/h4-11H,12-14H2,1-3H3,(H,22,27)(H,23,25). The van der Waals surface area contributed by atoms with E-state index in [0.717, 1.165) is 5.56 Å². The molecule has 2 rings (SSSR count). The van der Waals surface area contributed by atoms with Gasteiger partial charge in [-0.3, -0.25) is 14.4 Å². The molecule has 0 atom stereocenters. The molecular weight excluding hydrogens is 358 g/mol. The van der Waals surface area contributed by atoms with E-state index < -0.39 is 0 Å². The van der Waals surface area contributed by atoms with E-state index in [4.69, 9.17) is 4.74 Å². The number of para-hydroxylation sites is 1. The van der Waals surface area contributed by atoms with Gasteiger partial charge in [-0.25, -0.2) is 0 Å². The predicted octanol–water partition coefficient (Wildman–Crippen LogP) is 2.71. The van der Waals surface area contributed by atoms with Gasteiger partial charge in [-0.2, -0.15) is 0 Å². The molecule has 0 spiro atoms. The SMILES string of the molecule is COc1ccccc1CNC(=O)CCN(C(C)=O)c1ccc(NC(C)=O)cc1. The first kappa shape index (κ1) is 21.0. The van der Waals surface area contributed by atoms with Gasteiger partial charge in [0.05, 0.1) is 7.11 Å². The van der Waals surface area contributed by atoms with Gasteiger partial charge in [-0.05, 0) is 30.3 Å². The summed E-state index contributed by atoms with van der Waals surface area (Å²) in [4.78, 5) is 36.8. The summed E-state index contributed by atoms with van der Waals surface area (Å²) < 4.78 is 5.27. The summed E-state index contributed by atoms with van der Waals surface area (Å²) in [5.74, 6) is 0.229. The van der Waals surface area contributed by atoms with E-state index in [1.165, 1.54) is 18.7 Å². The number of carbonyl (C=O) groups is 3. The number of methoxy groups -OCH3 is 1. The number of nitrogens with one attached hydrogen (secondary N) is 2. The number of nitrogens with zero attached hydrogens (tertiary/aromatic N) is 1. The maximum absolute atomic E-state index is 12.2. The minimum atomic E-state index is -0.164. The molecule has 0 aliphatic carbocycles. The van der Waals surface area contributed by atoms with Crippen molar-refractivity contribution >= 4 is 29.1 Å². The second-order valence-corrected chi connectivity index (χ2v) is 6.24. The quantitative estimate of drug-likeness (QED) is 0.734. The molecule has 2 N–H and O–H groups in total. The molecule has 0 aliphatic rings. The lowest BCUT2D eigenvalue weighted by molar-refractivity contribution is -0.121. The van der Waals surface area contributed by atoms with Gasteiger partial charge in [0.15, 0.2) is 0 Å². The van der Waals surface area contributed by atoms with Gasteiger partial charge in [0.25, 0.3) is 0 Å². The molecule has 3 amide bonds. The summed E-state index contributed by atoms with van der Waals surface area (Å²) in [5.41, 5.74) is 2.20. The molecule has 7 heteroatoms. The molecule has 0 unspecified atom stereocenters. The number of anilines is 2. The van der Waals surface area contributed by atoms with Gasteiger partial charge in [0.1, 0.15) is 5.75 Å². The molecule has 0 bridgehead atoms. The Kier molecular flexibility index (Phi) is 7.56. The molecule has 28 heavy (non-hydrogen) atoms. The summed E-state index contributed by atoms with van der Waals surface area (Å²) in [7, 11) is 1.59. The van der Waals surface area contributed by atoms with Crippen LogP contribution in [0.25, 0.3) is 0 Å². The number of ether oxygens (including phenoxy) is 1. The molecule has 0 fully saturated rings. The minimum Gasteiger partial charge on any atom is -0.496 e. The van der Waals surface area contributed by atoms with E-state index in [1.807, 2.05) is 24.3 Å². The maximum atomic E-state index is 12.2. The number of benzene rings is 2. The van der Waals surface area contributed by atoms with Crippen molar-refractivity contribution in [3.8, 4) is 5.75 Å². The Bertz CT molecular complexity index is 834. The van der Waals surface area contributed by atoms with Crippen LogP contribution in [-0.2, 0) is 20.9 Å². The van der Waals surface area contributed by atoms with Crippen LogP contribution in [0.15, 0.2) is 48.5 Å². The van der Waals surface area contributed by atoms with Gasteiger partial charge >= 0.3 is 0 Å². The fourth-order valence-corrected chi connectivity index (χ4v) is 2.74. The zero-order chi connectivity index (χ0) is 20.5. The highest BCUT2D eigenvalue weighted by Gasteiger charge is 2.14. The van der Waals surface area contributed by atoms with Crippen LogP contribution in [0, 0.1) is 0 Å². The smallest absolute Gasteiger partial charge is 0.223 e. The lowest BCUT2D eigenvalue weighted by atomic mass is 10.2. The van der Waals surface area contributed by atoms with Crippen LogP contribution in [0.3, 0.4) is 0 Å². The van der Waals surface area contributed by atoms with Crippen LogP contribution in [0.5, 0.6) is 5.75 Å². The van der Waals surface area contributed by atoms with E-state index in [-0.39, 0.29) is 30.7 Å². The van der Waals surface area contributed by atoms with Crippen molar-refractivity contribution in [3.05, 3.63) is 54.1 Å². The highest BCUT2D eigenvalue weighted by molar-refractivity contribution is 5.93. The summed E-state index contributed by atoms with van der Waals surface area (Å²) in [6.07, 6.45) is 0.169. The van der Waals surface area contributed by atoms with Crippen LogP contribution in [0.4, 0.5) is 11.4 Å². The fraction of sp³-hybridized carbons (Fsp3) is 0.286. The summed E-state index contributed by atoms with van der Waals surface area (Å²) in [5, 5.41) is 5.52. The normalized spacial score (nSPS) is 10.1. The van der Waals surface area contributed by atoms with Gasteiger partial charge in [-0.15, -0.1) is 0 Å².